The lowest BCUT2D eigenvalue weighted by Crippen LogP contribution is -2.28. The number of nitrogens with one attached hydrogen (secondary N) is 1. The van der Waals surface area contributed by atoms with Crippen LogP contribution in [0.1, 0.15) is 30.1 Å². The minimum absolute atomic E-state index is 0.150. The zero-order valence-electron chi connectivity index (χ0n) is 14.1. The third kappa shape index (κ3) is 4.42. The maximum absolute atomic E-state index is 13.0. The second-order valence-corrected chi connectivity index (χ2v) is 6.61. The fourth-order valence-corrected chi connectivity index (χ4v) is 3.02. The Morgan fingerprint density at radius 3 is 2.81 bits per heavy atom. The van der Waals surface area contributed by atoms with Crippen molar-refractivity contribution in [2.45, 2.75) is 24.5 Å². The Morgan fingerprint density at radius 2 is 2.12 bits per heavy atom. The third-order valence-electron chi connectivity index (χ3n) is 3.69. The van der Waals surface area contributed by atoms with Gasteiger partial charge in [-0.05, 0) is 36.8 Å². The molecule has 0 fully saturated rings. The number of carbonyl (C=O) groups excluding carboxylic acids is 1. The largest absolute Gasteiger partial charge is 0.467 e. The molecule has 0 radical (unpaired) electrons. The Bertz CT molecular complexity index is 864. The second kappa shape index (κ2) is 8.05. The number of halogens is 1. The topological polar surface area (TPSA) is 99.0 Å². The lowest BCUT2D eigenvalue weighted by molar-refractivity contribution is -0.119. The van der Waals surface area contributed by atoms with Crippen molar-refractivity contribution in [2.24, 2.45) is 0 Å². The number of rotatable bonds is 7. The monoisotopic (exact) mass is 375 g/mol. The van der Waals surface area contributed by atoms with Crippen LogP contribution in [0.4, 0.5) is 4.39 Å². The SMILES string of the molecule is C[C@@H](NC(=O)CSc1nnc(Cc2ccc(F)cc2)n1N)c1ccco1. The molecule has 26 heavy (non-hydrogen) atoms. The number of hydrogen-bond acceptors (Lipinski definition) is 6. The molecular formula is C17H18FN5O2S. The molecule has 0 spiro atoms. The summed E-state index contributed by atoms with van der Waals surface area (Å²) in [4.78, 5) is 12.1. The minimum Gasteiger partial charge on any atom is -0.467 e. The Morgan fingerprint density at radius 1 is 1.35 bits per heavy atom. The molecule has 7 nitrogen and oxygen atoms in total. The number of aromatic nitrogens is 3. The number of amides is 1. The smallest absolute Gasteiger partial charge is 0.231 e. The van der Waals surface area contributed by atoms with Crippen LogP contribution in [-0.4, -0.2) is 26.5 Å². The summed E-state index contributed by atoms with van der Waals surface area (Å²) in [5, 5.41) is 11.3. The Kier molecular flexibility index (Phi) is 5.57. The van der Waals surface area contributed by atoms with Crippen molar-refractivity contribution in [2.75, 3.05) is 11.6 Å². The molecule has 0 aliphatic carbocycles. The van der Waals surface area contributed by atoms with Gasteiger partial charge in [-0.3, -0.25) is 4.79 Å². The van der Waals surface area contributed by atoms with Gasteiger partial charge in [0.15, 0.2) is 5.82 Å². The van der Waals surface area contributed by atoms with Crippen LogP contribution in [-0.2, 0) is 11.2 Å². The molecule has 0 bridgehead atoms. The van der Waals surface area contributed by atoms with Crippen LogP contribution in [0.3, 0.4) is 0 Å². The molecule has 0 aliphatic heterocycles. The summed E-state index contributed by atoms with van der Waals surface area (Å²) in [5.74, 6) is 6.90. The molecule has 2 heterocycles. The Hall–Kier alpha value is -2.81. The summed E-state index contributed by atoms with van der Waals surface area (Å²) in [6.45, 7) is 1.84. The van der Waals surface area contributed by atoms with E-state index < -0.39 is 0 Å². The van der Waals surface area contributed by atoms with Gasteiger partial charge in [0.05, 0.1) is 18.1 Å². The van der Waals surface area contributed by atoms with E-state index in [9.17, 15) is 9.18 Å². The van der Waals surface area contributed by atoms with Crippen molar-refractivity contribution in [1.29, 1.82) is 0 Å². The molecule has 1 atom stereocenters. The molecular weight excluding hydrogens is 357 g/mol. The van der Waals surface area contributed by atoms with E-state index in [1.54, 1.807) is 30.5 Å². The second-order valence-electron chi connectivity index (χ2n) is 5.67. The summed E-state index contributed by atoms with van der Waals surface area (Å²) >= 11 is 1.19. The fourth-order valence-electron chi connectivity index (χ4n) is 2.33. The maximum atomic E-state index is 13.0. The Labute approximate surface area is 153 Å². The average Bonchev–Trinajstić information content (AvgIpc) is 3.27. The van der Waals surface area contributed by atoms with Crippen molar-refractivity contribution >= 4 is 17.7 Å². The summed E-state index contributed by atoms with van der Waals surface area (Å²) in [6, 6.07) is 9.45. The van der Waals surface area contributed by atoms with Crippen LogP contribution in [0.25, 0.3) is 0 Å². The van der Waals surface area contributed by atoms with E-state index in [-0.39, 0.29) is 23.5 Å². The predicted molar refractivity (Wildman–Crippen MR) is 95.4 cm³/mol. The zero-order valence-corrected chi connectivity index (χ0v) is 14.9. The first kappa shape index (κ1) is 18.0. The van der Waals surface area contributed by atoms with Gasteiger partial charge in [0.2, 0.25) is 11.1 Å². The van der Waals surface area contributed by atoms with Gasteiger partial charge in [0.1, 0.15) is 11.6 Å². The molecule has 2 aromatic heterocycles. The maximum Gasteiger partial charge on any atom is 0.231 e. The number of benzene rings is 1. The number of thioether (sulfide) groups is 1. The van der Waals surface area contributed by atoms with Crippen molar-refractivity contribution in [3.05, 3.63) is 65.6 Å². The number of carbonyl (C=O) groups is 1. The van der Waals surface area contributed by atoms with E-state index in [1.807, 2.05) is 6.92 Å². The number of nitrogen functional groups attached to an aromatic ring is 1. The number of nitrogens with two attached hydrogens (primary N) is 1. The molecule has 9 heteroatoms. The van der Waals surface area contributed by atoms with Gasteiger partial charge >= 0.3 is 0 Å². The van der Waals surface area contributed by atoms with Crippen molar-refractivity contribution in [1.82, 2.24) is 20.2 Å². The molecule has 3 N–H and O–H groups in total. The number of nitrogens with zero attached hydrogens (tertiary/aromatic N) is 3. The highest BCUT2D eigenvalue weighted by Crippen LogP contribution is 2.17. The molecule has 136 valence electrons. The van der Waals surface area contributed by atoms with Crippen molar-refractivity contribution in [3.8, 4) is 0 Å². The highest BCUT2D eigenvalue weighted by atomic mass is 32.2. The van der Waals surface area contributed by atoms with Crippen LogP contribution in [0.5, 0.6) is 0 Å². The van der Waals surface area contributed by atoms with E-state index in [2.05, 4.69) is 15.5 Å². The summed E-state index contributed by atoms with van der Waals surface area (Å²) in [5.41, 5.74) is 0.868. The number of hydrogen-bond donors (Lipinski definition) is 2. The van der Waals surface area contributed by atoms with E-state index in [4.69, 9.17) is 10.3 Å². The molecule has 0 unspecified atom stereocenters. The lowest BCUT2D eigenvalue weighted by atomic mass is 10.1. The summed E-state index contributed by atoms with van der Waals surface area (Å²) in [7, 11) is 0. The van der Waals surface area contributed by atoms with Crippen LogP contribution >= 0.6 is 11.8 Å². The van der Waals surface area contributed by atoms with Crippen molar-refractivity contribution in [3.63, 3.8) is 0 Å². The van der Waals surface area contributed by atoms with E-state index in [0.29, 0.717) is 23.2 Å². The quantitative estimate of drug-likeness (QED) is 0.486. The van der Waals surface area contributed by atoms with Gasteiger partial charge in [0.25, 0.3) is 0 Å². The summed E-state index contributed by atoms with van der Waals surface area (Å²) in [6.07, 6.45) is 1.98. The van der Waals surface area contributed by atoms with Crippen LogP contribution in [0.15, 0.2) is 52.2 Å². The van der Waals surface area contributed by atoms with Gasteiger partial charge < -0.3 is 15.6 Å². The highest BCUT2D eigenvalue weighted by Gasteiger charge is 2.15. The van der Waals surface area contributed by atoms with Crippen molar-refractivity contribution < 1.29 is 13.6 Å². The molecule has 0 saturated heterocycles. The van der Waals surface area contributed by atoms with Gasteiger partial charge in [-0.25, -0.2) is 9.07 Å². The van der Waals surface area contributed by atoms with E-state index >= 15 is 0 Å². The van der Waals surface area contributed by atoms with Gasteiger partial charge in [0, 0.05) is 6.42 Å². The molecule has 1 amide bonds. The molecule has 0 saturated carbocycles. The first-order valence-electron chi connectivity index (χ1n) is 7.92. The van der Waals surface area contributed by atoms with Crippen LogP contribution in [0.2, 0.25) is 0 Å². The molecule has 3 rings (SSSR count). The first-order valence-corrected chi connectivity index (χ1v) is 8.91. The van der Waals surface area contributed by atoms with Crippen LogP contribution < -0.4 is 11.2 Å². The van der Waals surface area contributed by atoms with Crippen LogP contribution in [0, 0.1) is 5.82 Å². The molecule has 0 aliphatic rings. The number of furan rings is 1. The van der Waals surface area contributed by atoms with Gasteiger partial charge in [-0.2, -0.15) is 0 Å². The molecule has 3 aromatic rings. The minimum atomic E-state index is -0.297. The third-order valence-corrected chi connectivity index (χ3v) is 4.63. The van der Waals surface area contributed by atoms with Gasteiger partial charge in [-0.15, -0.1) is 10.2 Å². The van der Waals surface area contributed by atoms with E-state index in [0.717, 1.165) is 5.56 Å². The first-order chi connectivity index (χ1) is 12.5. The highest BCUT2D eigenvalue weighted by molar-refractivity contribution is 7.99. The normalized spacial score (nSPS) is 12.1. The lowest BCUT2D eigenvalue weighted by Gasteiger charge is -2.11. The summed E-state index contributed by atoms with van der Waals surface area (Å²) < 4.78 is 19.6. The fraction of sp³-hybridized carbons (Fsp3) is 0.235. The van der Waals surface area contributed by atoms with E-state index in [1.165, 1.54) is 28.6 Å². The zero-order chi connectivity index (χ0) is 18.5. The predicted octanol–water partition coefficient (Wildman–Crippen LogP) is 2.28. The van der Waals surface area contributed by atoms with Gasteiger partial charge in [-0.1, -0.05) is 23.9 Å². The molecule has 1 aromatic carbocycles. The average molecular weight is 375 g/mol. The standard InChI is InChI=1S/C17H18FN5O2S/c1-11(14-3-2-8-25-14)20-16(24)10-26-17-22-21-15(23(17)19)9-12-4-6-13(18)7-5-12/h2-8,11H,9-10,19H2,1H3,(H,20,24)/t11-/m1/s1. The Balaban J connectivity index is 1.54.